The maximum absolute atomic E-state index is 13.3. The van der Waals surface area contributed by atoms with E-state index in [2.05, 4.69) is 69.2 Å². The smallest absolute Gasteiger partial charge is 0.345 e. The zero-order valence-corrected chi connectivity index (χ0v) is 24.4. The van der Waals surface area contributed by atoms with Gasteiger partial charge in [0, 0.05) is 5.92 Å². The van der Waals surface area contributed by atoms with Crippen LogP contribution in [0.15, 0.2) is 0 Å². The predicted octanol–water partition coefficient (Wildman–Crippen LogP) is 7.85. The highest BCUT2D eigenvalue weighted by Gasteiger charge is 2.56. The number of nitrogens with two attached hydrogens (primary N) is 1. The highest BCUT2D eigenvalue weighted by Crippen LogP contribution is 2.61. The van der Waals surface area contributed by atoms with E-state index < -0.39 is 0 Å². The third kappa shape index (κ3) is 6.56. The molecule has 0 aliphatic carbocycles. The van der Waals surface area contributed by atoms with Crippen LogP contribution in [-0.4, -0.2) is 19.0 Å². The molecule has 1 amide bonds. The minimum Gasteiger partial charge on any atom is -0.369 e. The van der Waals surface area contributed by atoms with E-state index in [0.717, 1.165) is 57.8 Å². The molecule has 0 aliphatic heterocycles. The molecule has 0 heterocycles. The summed E-state index contributed by atoms with van der Waals surface area (Å²) < 4.78 is 0. The average molecular weight is 484 g/mol. The van der Waals surface area contributed by atoms with Gasteiger partial charge in [0.25, 0.3) is 0 Å². The summed E-state index contributed by atoms with van der Waals surface area (Å²) in [5.74, 6) is -1.07. The van der Waals surface area contributed by atoms with Gasteiger partial charge in [0.2, 0.25) is 5.91 Å². The van der Waals surface area contributed by atoms with Gasteiger partial charge in [-0.3, -0.25) is 9.68 Å². The maximum atomic E-state index is 13.3. The van der Waals surface area contributed by atoms with Crippen LogP contribution in [0.2, 0.25) is 0 Å². The third-order valence-electron chi connectivity index (χ3n) is 10.6. The van der Waals surface area contributed by atoms with Crippen LogP contribution in [-0.2, 0) is 19.4 Å². The van der Waals surface area contributed by atoms with Crippen molar-refractivity contribution >= 4 is 11.9 Å². The summed E-state index contributed by atoms with van der Waals surface area (Å²) >= 11 is 0. The SMILES string of the molecule is CCC(C)(CC)CC(C(N)=O)C(CC)(CC)C(CC)(CC)CC(C(=O)OOC)C(C)(CC)CC. The number of carbonyl (C=O) groups is 2. The molecule has 202 valence electrons. The quantitative estimate of drug-likeness (QED) is 0.159. The largest absolute Gasteiger partial charge is 0.369 e. The van der Waals surface area contributed by atoms with Gasteiger partial charge in [-0.2, -0.15) is 4.89 Å². The Bertz CT molecular complexity index is 614. The van der Waals surface area contributed by atoms with Crippen molar-refractivity contribution in [3.05, 3.63) is 0 Å². The van der Waals surface area contributed by atoms with E-state index in [0.29, 0.717) is 6.42 Å². The fraction of sp³-hybridized carbons (Fsp3) is 0.931. The van der Waals surface area contributed by atoms with Gasteiger partial charge in [-0.1, -0.05) is 82.1 Å². The van der Waals surface area contributed by atoms with Crippen LogP contribution in [0.3, 0.4) is 0 Å². The lowest BCUT2D eigenvalue weighted by Gasteiger charge is -2.57. The van der Waals surface area contributed by atoms with Crippen molar-refractivity contribution in [3.63, 3.8) is 0 Å². The first-order valence-corrected chi connectivity index (χ1v) is 13.9. The number of carbonyl (C=O) groups excluding carboxylic acids is 2. The van der Waals surface area contributed by atoms with Crippen LogP contribution >= 0.6 is 0 Å². The Balaban J connectivity index is 6.99. The van der Waals surface area contributed by atoms with Crippen LogP contribution in [0.1, 0.15) is 133 Å². The molecule has 0 radical (unpaired) electrons. The number of rotatable bonds is 18. The summed E-state index contributed by atoms with van der Waals surface area (Å²) in [6.45, 7) is 22.0. The molecular weight excluding hydrogens is 426 g/mol. The van der Waals surface area contributed by atoms with E-state index in [1.165, 1.54) is 7.11 Å². The Hall–Kier alpha value is -1.10. The Kier molecular flexibility index (Phi) is 13.4. The Labute approximate surface area is 211 Å². The molecule has 2 N–H and O–H groups in total. The molecule has 0 aromatic rings. The van der Waals surface area contributed by atoms with Crippen molar-refractivity contribution < 1.29 is 19.4 Å². The van der Waals surface area contributed by atoms with Crippen molar-refractivity contribution in [2.75, 3.05) is 7.11 Å². The standard InChI is InChI=1S/C29H57NO4/c1-12-26(9,13-2)20-22(24(30)31)29(18-7,19-8)28(16-5,17-6)21-23(25(32)34-33-11)27(10,14-3)15-4/h22-23H,12-21H2,1-11H3,(H2,30,31). The fourth-order valence-corrected chi connectivity index (χ4v) is 6.80. The molecule has 5 nitrogen and oxygen atoms in total. The van der Waals surface area contributed by atoms with Crippen molar-refractivity contribution in [1.29, 1.82) is 0 Å². The highest BCUT2D eigenvalue weighted by molar-refractivity contribution is 5.78. The molecule has 5 heteroatoms. The Morgan fingerprint density at radius 1 is 0.706 bits per heavy atom. The van der Waals surface area contributed by atoms with Gasteiger partial charge >= 0.3 is 5.97 Å². The van der Waals surface area contributed by atoms with Crippen LogP contribution in [0.5, 0.6) is 0 Å². The van der Waals surface area contributed by atoms with Crippen molar-refractivity contribution in [3.8, 4) is 0 Å². The zero-order valence-electron chi connectivity index (χ0n) is 24.4. The molecule has 0 fully saturated rings. The third-order valence-corrected chi connectivity index (χ3v) is 10.6. The lowest BCUT2D eigenvalue weighted by molar-refractivity contribution is -0.264. The molecule has 0 saturated carbocycles. The number of hydrogen-bond donors (Lipinski definition) is 1. The molecule has 2 atom stereocenters. The molecule has 0 saturated heterocycles. The van der Waals surface area contributed by atoms with Gasteiger partial charge in [0.05, 0.1) is 13.0 Å². The van der Waals surface area contributed by atoms with Crippen LogP contribution in [0.25, 0.3) is 0 Å². The maximum Gasteiger partial charge on any atom is 0.345 e. The first-order chi connectivity index (χ1) is 15.9. The van der Waals surface area contributed by atoms with E-state index in [-0.39, 0.29) is 45.4 Å². The summed E-state index contributed by atoms with van der Waals surface area (Å²) in [4.78, 5) is 36.5. The van der Waals surface area contributed by atoms with Crippen molar-refractivity contribution in [2.24, 2.45) is 39.2 Å². The van der Waals surface area contributed by atoms with E-state index >= 15 is 0 Å². The Morgan fingerprint density at radius 2 is 1.18 bits per heavy atom. The normalized spacial score (nSPS) is 15.1. The van der Waals surface area contributed by atoms with E-state index in [1.807, 2.05) is 0 Å². The molecule has 0 aliphatic rings. The van der Waals surface area contributed by atoms with E-state index in [1.54, 1.807) is 0 Å². The lowest BCUT2D eigenvalue weighted by Crippen LogP contribution is -2.54. The molecule has 0 rings (SSSR count). The van der Waals surface area contributed by atoms with Crippen LogP contribution in [0.4, 0.5) is 0 Å². The van der Waals surface area contributed by atoms with Gasteiger partial charge in [-0.05, 0) is 73.0 Å². The van der Waals surface area contributed by atoms with Crippen LogP contribution < -0.4 is 5.73 Å². The van der Waals surface area contributed by atoms with Crippen molar-refractivity contribution in [2.45, 2.75) is 133 Å². The first kappa shape index (κ1) is 32.9. The summed E-state index contributed by atoms with van der Waals surface area (Å²) in [6, 6.07) is 0. The number of primary amides is 1. The second-order valence-electron chi connectivity index (χ2n) is 11.2. The summed E-state index contributed by atoms with van der Waals surface area (Å²) in [7, 11) is 1.39. The average Bonchev–Trinajstić information content (AvgIpc) is 2.85. The first-order valence-electron chi connectivity index (χ1n) is 13.9. The minimum atomic E-state index is -0.322. The van der Waals surface area contributed by atoms with Crippen molar-refractivity contribution in [1.82, 2.24) is 0 Å². The summed E-state index contributed by atoms with van der Waals surface area (Å²) in [5, 5.41) is 0. The molecule has 34 heavy (non-hydrogen) atoms. The zero-order chi connectivity index (χ0) is 26.8. The molecule has 0 aromatic heterocycles. The highest BCUT2D eigenvalue weighted by atomic mass is 17.2. The minimum absolute atomic E-state index is 0.0538. The second-order valence-corrected chi connectivity index (χ2v) is 11.2. The lowest BCUT2D eigenvalue weighted by atomic mass is 9.47. The topological polar surface area (TPSA) is 78.6 Å². The second kappa shape index (κ2) is 13.8. The van der Waals surface area contributed by atoms with Gasteiger partial charge in [0.1, 0.15) is 0 Å². The monoisotopic (exact) mass is 483 g/mol. The fourth-order valence-electron chi connectivity index (χ4n) is 6.80. The molecule has 0 spiro atoms. The van der Waals surface area contributed by atoms with E-state index in [4.69, 9.17) is 15.5 Å². The summed E-state index contributed by atoms with van der Waals surface area (Å²) in [6.07, 6.45) is 8.66. The molecular formula is C29H57NO4. The molecule has 0 aromatic carbocycles. The molecule has 0 bridgehead atoms. The Morgan fingerprint density at radius 3 is 1.47 bits per heavy atom. The van der Waals surface area contributed by atoms with Gasteiger partial charge in [-0.15, -0.1) is 0 Å². The number of hydrogen-bond acceptors (Lipinski definition) is 4. The van der Waals surface area contributed by atoms with Gasteiger partial charge < -0.3 is 5.73 Å². The predicted molar refractivity (Wildman–Crippen MR) is 142 cm³/mol. The number of amides is 1. The summed E-state index contributed by atoms with van der Waals surface area (Å²) in [5.41, 5.74) is 5.52. The van der Waals surface area contributed by atoms with Gasteiger partial charge in [-0.25, -0.2) is 4.79 Å². The molecule has 2 unspecified atom stereocenters. The van der Waals surface area contributed by atoms with E-state index in [9.17, 15) is 9.59 Å². The van der Waals surface area contributed by atoms with Gasteiger partial charge in [0.15, 0.2) is 0 Å². The van der Waals surface area contributed by atoms with Crippen LogP contribution in [0, 0.1) is 33.5 Å².